The quantitative estimate of drug-likeness (QED) is 0.575. The van der Waals surface area contributed by atoms with Gasteiger partial charge in [-0.05, 0) is 0 Å². The number of imidazole rings is 1. The van der Waals surface area contributed by atoms with Crippen molar-refractivity contribution in [1.82, 2.24) is 9.66 Å². The van der Waals surface area contributed by atoms with E-state index in [1.807, 2.05) is 12.1 Å². The van der Waals surface area contributed by atoms with Crippen LogP contribution < -0.4 is 5.43 Å². The number of aromatic nitrogens is 2. The van der Waals surface area contributed by atoms with Crippen LogP contribution in [0.5, 0.6) is 0 Å². The van der Waals surface area contributed by atoms with Crippen molar-refractivity contribution in [3.05, 3.63) is 30.0 Å². The van der Waals surface area contributed by atoms with Crippen LogP contribution in [-0.4, -0.2) is 9.66 Å². The Bertz CT molecular complexity index is 342. The molecule has 0 aromatic carbocycles. The summed E-state index contributed by atoms with van der Waals surface area (Å²) in [5.41, 5.74) is 3.46. The van der Waals surface area contributed by atoms with Crippen molar-refractivity contribution in [2.45, 2.75) is 6.42 Å². The molecule has 1 aliphatic heterocycles. The largest absolute Gasteiger partial charge is 0.300 e. The van der Waals surface area contributed by atoms with Crippen molar-refractivity contribution in [2.75, 3.05) is 5.43 Å². The van der Waals surface area contributed by atoms with Crippen LogP contribution in [0.15, 0.2) is 18.5 Å². The average molecular weight is 146 g/mol. The van der Waals surface area contributed by atoms with Crippen molar-refractivity contribution < 1.29 is 0 Å². The molecule has 4 nitrogen and oxygen atoms in total. The third-order valence-corrected chi connectivity index (χ3v) is 1.57. The first-order chi connectivity index (χ1) is 5.42. The lowest BCUT2D eigenvalue weighted by Gasteiger charge is -2.10. The van der Waals surface area contributed by atoms with E-state index in [2.05, 4.69) is 10.4 Å². The topological polar surface area (TPSA) is 53.6 Å². The monoisotopic (exact) mass is 146 g/mol. The highest BCUT2D eigenvalue weighted by Gasteiger charge is 2.08. The van der Waals surface area contributed by atoms with Gasteiger partial charge >= 0.3 is 0 Å². The molecule has 1 aliphatic rings. The Labute approximate surface area is 63.7 Å². The third-order valence-electron chi connectivity index (χ3n) is 1.57. The molecular weight excluding hydrogens is 140 g/mol. The molecule has 0 amide bonds. The van der Waals surface area contributed by atoms with E-state index in [-0.39, 0.29) is 0 Å². The molecule has 0 spiro atoms. The average Bonchev–Trinajstić information content (AvgIpc) is 2.47. The van der Waals surface area contributed by atoms with Gasteiger partial charge in [-0.3, -0.25) is 5.43 Å². The highest BCUT2D eigenvalue weighted by atomic mass is 15.4. The van der Waals surface area contributed by atoms with Gasteiger partial charge in [-0.2, -0.15) is 5.26 Å². The third kappa shape index (κ3) is 0.783. The minimum absolute atomic E-state index is 0.546. The van der Waals surface area contributed by atoms with Gasteiger partial charge in [0.1, 0.15) is 11.9 Å². The Morgan fingerprint density at radius 1 is 1.73 bits per heavy atom. The molecule has 0 bridgehead atoms. The van der Waals surface area contributed by atoms with Gasteiger partial charge in [0.15, 0.2) is 5.69 Å². The van der Waals surface area contributed by atoms with E-state index in [9.17, 15) is 0 Å². The van der Waals surface area contributed by atoms with Crippen LogP contribution >= 0.6 is 0 Å². The Hall–Kier alpha value is -1.76. The molecule has 0 atom stereocenters. The van der Waals surface area contributed by atoms with E-state index in [4.69, 9.17) is 5.26 Å². The van der Waals surface area contributed by atoms with Crippen molar-refractivity contribution in [1.29, 1.82) is 5.26 Å². The van der Waals surface area contributed by atoms with Crippen LogP contribution in [0.4, 0.5) is 0 Å². The normalized spacial score (nSPS) is 13.4. The minimum Gasteiger partial charge on any atom is -0.300 e. The highest BCUT2D eigenvalue weighted by molar-refractivity contribution is 5.25. The van der Waals surface area contributed by atoms with Crippen molar-refractivity contribution in [2.24, 2.45) is 0 Å². The van der Waals surface area contributed by atoms with Crippen molar-refractivity contribution in [3.63, 3.8) is 0 Å². The number of rotatable bonds is 0. The summed E-state index contributed by atoms with van der Waals surface area (Å²) in [5, 5.41) is 8.61. The van der Waals surface area contributed by atoms with E-state index in [1.54, 1.807) is 17.1 Å². The second kappa shape index (κ2) is 2.13. The predicted molar refractivity (Wildman–Crippen MR) is 39.1 cm³/mol. The Balaban J connectivity index is 2.52. The van der Waals surface area contributed by atoms with Crippen molar-refractivity contribution in [3.8, 4) is 6.07 Å². The summed E-state index contributed by atoms with van der Waals surface area (Å²) in [6, 6.07) is 2.04. The van der Waals surface area contributed by atoms with Gasteiger partial charge in [0, 0.05) is 12.6 Å². The van der Waals surface area contributed by atoms with E-state index >= 15 is 0 Å². The maximum Gasteiger partial charge on any atom is 0.160 e. The van der Waals surface area contributed by atoms with Crippen LogP contribution in [0.1, 0.15) is 11.5 Å². The Kier molecular flexibility index (Phi) is 1.16. The van der Waals surface area contributed by atoms with E-state index < -0.39 is 0 Å². The predicted octanol–water partition coefficient (Wildman–Crippen LogP) is 0.368. The van der Waals surface area contributed by atoms with Crippen LogP contribution in [0.2, 0.25) is 0 Å². The second-order valence-electron chi connectivity index (χ2n) is 2.24. The molecule has 1 aromatic rings. The molecule has 0 saturated heterocycles. The Morgan fingerprint density at radius 3 is 3.45 bits per heavy atom. The molecule has 1 N–H and O–H groups in total. The maximum atomic E-state index is 8.61. The molecule has 0 aliphatic carbocycles. The molecule has 54 valence electrons. The summed E-state index contributed by atoms with van der Waals surface area (Å²) in [7, 11) is 0. The van der Waals surface area contributed by atoms with E-state index in [0.717, 1.165) is 12.2 Å². The van der Waals surface area contributed by atoms with Gasteiger partial charge in [-0.1, -0.05) is 6.08 Å². The smallest absolute Gasteiger partial charge is 0.160 e. The highest BCUT2D eigenvalue weighted by Crippen LogP contribution is 2.06. The van der Waals surface area contributed by atoms with Gasteiger partial charge in [0.2, 0.25) is 0 Å². The van der Waals surface area contributed by atoms with Gasteiger partial charge in [-0.15, -0.1) is 0 Å². The molecule has 0 saturated carbocycles. The molecule has 11 heavy (non-hydrogen) atoms. The lowest BCUT2D eigenvalue weighted by molar-refractivity contribution is 0.823. The van der Waals surface area contributed by atoms with Crippen molar-refractivity contribution >= 4 is 0 Å². The first kappa shape index (κ1) is 5.98. The maximum absolute atomic E-state index is 8.61. The van der Waals surface area contributed by atoms with Gasteiger partial charge in [0.25, 0.3) is 0 Å². The second-order valence-corrected chi connectivity index (χ2v) is 2.24. The zero-order chi connectivity index (χ0) is 7.68. The zero-order valence-electron chi connectivity index (χ0n) is 5.78. The summed E-state index contributed by atoms with van der Waals surface area (Å²) in [4.78, 5) is 4.05. The van der Waals surface area contributed by atoms with E-state index in [0.29, 0.717) is 5.69 Å². The number of hydrogen-bond donors (Lipinski definition) is 1. The zero-order valence-corrected chi connectivity index (χ0v) is 5.78. The van der Waals surface area contributed by atoms with Gasteiger partial charge in [-0.25, -0.2) is 9.66 Å². The fraction of sp³-hybridized carbons (Fsp3) is 0.143. The molecular formula is C7H6N4. The molecule has 4 heteroatoms. The minimum atomic E-state index is 0.546. The molecule has 0 fully saturated rings. The number of nitrogens with zero attached hydrogens (tertiary/aromatic N) is 3. The number of nitrogens with one attached hydrogen (secondary N) is 1. The summed E-state index contributed by atoms with van der Waals surface area (Å²) in [6.45, 7) is 0. The summed E-state index contributed by atoms with van der Waals surface area (Å²) in [6.07, 6.45) is 6.11. The Morgan fingerprint density at radius 2 is 2.64 bits per heavy atom. The molecule has 0 radical (unpaired) electrons. The lowest BCUT2D eigenvalue weighted by Crippen LogP contribution is -2.17. The fourth-order valence-electron chi connectivity index (χ4n) is 1.05. The number of hydrogen-bond acceptors (Lipinski definition) is 3. The molecule has 0 unspecified atom stereocenters. The van der Waals surface area contributed by atoms with Crippen LogP contribution in [-0.2, 0) is 6.42 Å². The summed E-state index contributed by atoms with van der Waals surface area (Å²) < 4.78 is 1.68. The van der Waals surface area contributed by atoms with Gasteiger partial charge in [0.05, 0.1) is 6.20 Å². The first-order valence-electron chi connectivity index (χ1n) is 3.30. The van der Waals surface area contributed by atoms with E-state index in [1.165, 1.54) is 0 Å². The number of fused-ring (bicyclic) bond motifs is 1. The van der Waals surface area contributed by atoms with Crippen LogP contribution in [0, 0.1) is 11.3 Å². The SMILES string of the molecule is N#Cc1cnc2n1NC=CC2. The lowest BCUT2D eigenvalue weighted by atomic mass is 10.4. The summed E-state index contributed by atoms with van der Waals surface area (Å²) >= 11 is 0. The van der Waals surface area contributed by atoms with Gasteiger partial charge < -0.3 is 0 Å². The standard InChI is InChI=1S/C7H6N4/c8-4-6-5-9-7-2-1-3-10-11(6)7/h1,3,5,10H,2H2. The molecule has 2 heterocycles. The fourth-order valence-corrected chi connectivity index (χ4v) is 1.05. The van der Waals surface area contributed by atoms with Crippen LogP contribution in [0.25, 0.3) is 0 Å². The number of allylic oxidation sites excluding steroid dienone is 1. The number of nitriles is 1. The molecule has 2 rings (SSSR count). The van der Waals surface area contributed by atoms with Crippen LogP contribution in [0.3, 0.4) is 0 Å². The first-order valence-corrected chi connectivity index (χ1v) is 3.30. The molecule has 1 aromatic heterocycles. The summed E-state index contributed by atoms with van der Waals surface area (Å²) in [5.74, 6) is 0.879.